The molecule has 0 aliphatic rings. The molecule has 0 aliphatic carbocycles. The number of nitrogens with two attached hydrogens (primary N) is 2. The molecule has 1 heterocycles. The van der Waals surface area contributed by atoms with Crippen LogP contribution < -0.4 is 17.0 Å². The Bertz CT molecular complexity index is 354. The van der Waals surface area contributed by atoms with Gasteiger partial charge in [0.25, 0.3) is 0 Å². The maximum atomic E-state index is 12.1. The maximum Gasteiger partial charge on any atom is 0.389 e. The molecule has 0 fully saturated rings. The number of hydrogen-bond acceptors (Lipinski definition) is 4. The molecule has 0 saturated heterocycles. The predicted molar refractivity (Wildman–Crippen MR) is 58.8 cm³/mol. The Hall–Kier alpha value is -1.34. The van der Waals surface area contributed by atoms with Gasteiger partial charge in [0.1, 0.15) is 5.82 Å². The molecule has 4 nitrogen and oxygen atoms in total. The Morgan fingerprint density at radius 2 is 2.12 bits per heavy atom. The first-order valence-electron chi connectivity index (χ1n) is 5.14. The third-order valence-corrected chi connectivity index (χ3v) is 2.34. The van der Waals surface area contributed by atoms with Gasteiger partial charge in [-0.3, -0.25) is 11.3 Å². The van der Waals surface area contributed by atoms with Crippen molar-refractivity contribution in [2.45, 2.75) is 31.5 Å². The van der Waals surface area contributed by atoms with E-state index in [4.69, 9.17) is 11.6 Å². The van der Waals surface area contributed by atoms with Crippen LogP contribution in [0.5, 0.6) is 0 Å². The van der Waals surface area contributed by atoms with Crippen molar-refractivity contribution in [3.05, 3.63) is 23.9 Å². The van der Waals surface area contributed by atoms with E-state index in [0.29, 0.717) is 12.2 Å². The van der Waals surface area contributed by atoms with Crippen LogP contribution >= 0.6 is 0 Å². The second-order valence-electron chi connectivity index (χ2n) is 3.81. The lowest BCUT2D eigenvalue weighted by Crippen LogP contribution is -2.37. The minimum absolute atomic E-state index is 0.0672. The van der Waals surface area contributed by atoms with Crippen LogP contribution in [0.15, 0.2) is 18.3 Å². The van der Waals surface area contributed by atoms with Gasteiger partial charge in [0.05, 0.1) is 0 Å². The molecule has 7 heteroatoms. The van der Waals surface area contributed by atoms with Gasteiger partial charge in [0.15, 0.2) is 0 Å². The van der Waals surface area contributed by atoms with Gasteiger partial charge in [-0.05, 0) is 30.5 Å². The van der Waals surface area contributed by atoms with E-state index in [1.165, 1.54) is 6.20 Å². The predicted octanol–water partition coefficient (Wildman–Crippen LogP) is 1.38. The van der Waals surface area contributed by atoms with E-state index >= 15 is 0 Å². The monoisotopic (exact) mass is 248 g/mol. The zero-order valence-electron chi connectivity index (χ0n) is 9.17. The SMILES string of the molecule is NNC(CCC(F)(F)F)Cc1ccnc(N)c1. The van der Waals surface area contributed by atoms with Crippen molar-refractivity contribution in [3.8, 4) is 0 Å². The molecule has 5 N–H and O–H groups in total. The molecule has 0 amide bonds. The fourth-order valence-corrected chi connectivity index (χ4v) is 1.49. The normalized spacial score (nSPS) is 13.6. The van der Waals surface area contributed by atoms with Crippen LogP contribution in [-0.2, 0) is 6.42 Å². The van der Waals surface area contributed by atoms with Gasteiger partial charge >= 0.3 is 6.18 Å². The van der Waals surface area contributed by atoms with E-state index < -0.39 is 18.6 Å². The number of halogens is 3. The number of pyridine rings is 1. The van der Waals surface area contributed by atoms with Crippen LogP contribution in [0.2, 0.25) is 0 Å². The molecule has 1 atom stereocenters. The molecule has 1 unspecified atom stereocenters. The number of aromatic nitrogens is 1. The summed E-state index contributed by atoms with van der Waals surface area (Å²) in [5.41, 5.74) is 8.67. The highest BCUT2D eigenvalue weighted by atomic mass is 19.4. The fraction of sp³-hybridized carbons (Fsp3) is 0.500. The number of rotatable bonds is 5. The molecule has 0 aromatic carbocycles. The van der Waals surface area contributed by atoms with Gasteiger partial charge in [0.2, 0.25) is 0 Å². The molecule has 1 aromatic rings. The van der Waals surface area contributed by atoms with E-state index in [-0.39, 0.29) is 6.42 Å². The molecule has 17 heavy (non-hydrogen) atoms. The smallest absolute Gasteiger partial charge is 0.384 e. The highest BCUT2D eigenvalue weighted by Gasteiger charge is 2.28. The quantitative estimate of drug-likeness (QED) is 0.543. The van der Waals surface area contributed by atoms with Crippen molar-refractivity contribution in [1.82, 2.24) is 10.4 Å². The second kappa shape index (κ2) is 5.83. The molecule has 0 spiro atoms. The third-order valence-electron chi connectivity index (χ3n) is 2.34. The minimum Gasteiger partial charge on any atom is -0.384 e. The molecule has 1 aromatic heterocycles. The van der Waals surface area contributed by atoms with Crippen molar-refractivity contribution >= 4 is 5.82 Å². The standard InChI is InChI=1S/C10H15F3N4/c11-10(12,13)3-1-8(17-15)5-7-2-4-16-9(14)6-7/h2,4,6,8,17H,1,3,5,15H2,(H2,14,16). The first kappa shape index (κ1) is 13.7. The zero-order chi connectivity index (χ0) is 12.9. The van der Waals surface area contributed by atoms with Crippen molar-refractivity contribution in [1.29, 1.82) is 0 Å². The summed E-state index contributed by atoms with van der Waals surface area (Å²) in [5, 5.41) is 0. The number of alkyl halides is 3. The van der Waals surface area contributed by atoms with Crippen LogP contribution in [-0.4, -0.2) is 17.2 Å². The zero-order valence-corrected chi connectivity index (χ0v) is 9.17. The lowest BCUT2D eigenvalue weighted by molar-refractivity contribution is -0.136. The first-order chi connectivity index (χ1) is 7.90. The summed E-state index contributed by atoms with van der Waals surface area (Å²) in [6, 6.07) is 2.89. The van der Waals surface area contributed by atoms with Crippen LogP contribution in [0.1, 0.15) is 18.4 Å². The van der Waals surface area contributed by atoms with Crippen molar-refractivity contribution in [2.24, 2.45) is 5.84 Å². The Labute approximate surface area is 97.2 Å². The van der Waals surface area contributed by atoms with Gasteiger partial charge in [-0.15, -0.1) is 0 Å². The topological polar surface area (TPSA) is 77.0 Å². The molecule has 1 rings (SSSR count). The van der Waals surface area contributed by atoms with Crippen LogP contribution in [0, 0.1) is 0 Å². The van der Waals surface area contributed by atoms with Crippen molar-refractivity contribution in [2.75, 3.05) is 5.73 Å². The summed E-state index contributed by atoms with van der Waals surface area (Å²) in [5.74, 6) is 5.57. The molecule has 0 aliphatic heterocycles. The summed E-state index contributed by atoms with van der Waals surface area (Å²) in [4.78, 5) is 3.80. The summed E-state index contributed by atoms with van der Waals surface area (Å²) < 4.78 is 36.2. The highest BCUT2D eigenvalue weighted by molar-refractivity contribution is 5.32. The number of hydrogen-bond donors (Lipinski definition) is 3. The van der Waals surface area contributed by atoms with Crippen molar-refractivity contribution in [3.63, 3.8) is 0 Å². The van der Waals surface area contributed by atoms with Crippen LogP contribution in [0.25, 0.3) is 0 Å². The molecule has 0 radical (unpaired) electrons. The second-order valence-corrected chi connectivity index (χ2v) is 3.81. The Morgan fingerprint density at radius 1 is 1.41 bits per heavy atom. The van der Waals surface area contributed by atoms with E-state index in [1.807, 2.05) is 0 Å². The van der Waals surface area contributed by atoms with E-state index in [2.05, 4.69) is 10.4 Å². The summed E-state index contributed by atoms with van der Waals surface area (Å²) in [6.45, 7) is 0. The Morgan fingerprint density at radius 3 is 2.65 bits per heavy atom. The van der Waals surface area contributed by atoms with Gasteiger partial charge < -0.3 is 5.73 Å². The van der Waals surface area contributed by atoms with Crippen molar-refractivity contribution < 1.29 is 13.2 Å². The summed E-state index contributed by atoms with van der Waals surface area (Å²) in [6.07, 6.45) is -3.18. The molecular formula is C10H15F3N4. The Balaban J connectivity index is 2.52. The number of anilines is 1. The number of hydrazine groups is 1. The molecular weight excluding hydrogens is 233 g/mol. The largest absolute Gasteiger partial charge is 0.389 e. The lowest BCUT2D eigenvalue weighted by Gasteiger charge is -2.16. The lowest BCUT2D eigenvalue weighted by atomic mass is 10.0. The van der Waals surface area contributed by atoms with E-state index in [0.717, 1.165) is 5.56 Å². The summed E-state index contributed by atoms with van der Waals surface area (Å²) >= 11 is 0. The van der Waals surface area contributed by atoms with Crippen LogP contribution in [0.3, 0.4) is 0 Å². The van der Waals surface area contributed by atoms with Crippen LogP contribution in [0.4, 0.5) is 19.0 Å². The average Bonchev–Trinajstić information content (AvgIpc) is 2.23. The van der Waals surface area contributed by atoms with Gasteiger partial charge in [-0.25, -0.2) is 4.98 Å². The van der Waals surface area contributed by atoms with Gasteiger partial charge in [-0.2, -0.15) is 13.2 Å². The van der Waals surface area contributed by atoms with Gasteiger partial charge in [-0.1, -0.05) is 0 Å². The number of nitrogens with one attached hydrogen (secondary N) is 1. The number of nitrogens with zero attached hydrogens (tertiary/aromatic N) is 1. The summed E-state index contributed by atoms with van der Waals surface area (Å²) in [7, 11) is 0. The average molecular weight is 248 g/mol. The van der Waals surface area contributed by atoms with E-state index in [9.17, 15) is 13.2 Å². The molecule has 0 saturated carbocycles. The third kappa shape index (κ3) is 5.50. The highest BCUT2D eigenvalue weighted by Crippen LogP contribution is 2.23. The first-order valence-corrected chi connectivity index (χ1v) is 5.14. The minimum atomic E-state index is -4.16. The molecule has 96 valence electrons. The van der Waals surface area contributed by atoms with Gasteiger partial charge in [0, 0.05) is 18.7 Å². The Kier molecular flexibility index (Phi) is 4.71. The van der Waals surface area contributed by atoms with E-state index in [1.54, 1.807) is 12.1 Å². The number of nitrogen functional groups attached to an aromatic ring is 1. The molecule has 0 bridgehead atoms. The maximum absolute atomic E-state index is 12.1. The fourth-order valence-electron chi connectivity index (χ4n) is 1.49.